The lowest BCUT2D eigenvalue weighted by Gasteiger charge is -2.45. The number of likely N-dealkylation sites (tertiary alicyclic amines) is 1. The van der Waals surface area contributed by atoms with Crippen molar-refractivity contribution >= 4 is 41.5 Å². The van der Waals surface area contributed by atoms with Gasteiger partial charge in [-0.05, 0) is 67.5 Å². The van der Waals surface area contributed by atoms with Crippen LogP contribution >= 0.6 is 35.6 Å². The molecule has 0 saturated carbocycles. The minimum atomic E-state index is -0.824. The predicted molar refractivity (Wildman–Crippen MR) is 157 cm³/mol. The van der Waals surface area contributed by atoms with E-state index in [1.165, 1.54) is 0 Å². The number of halogens is 3. The lowest BCUT2D eigenvalue weighted by molar-refractivity contribution is -0.136. The molecule has 1 amide bonds. The first-order valence-electron chi connectivity index (χ1n) is 13.2. The zero-order valence-corrected chi connectivity index (χ0v) is 23.7. The highest BCUT2D eigenvalue weighted by Gasteiger charge is 2.42. The summed E-state index contributed by atoms with van der Waals surface area (Å²) in [4.78, 5) is 15.0. The van der Waals surface area contributed by atoms with Crippen molar-refractivity contribution in [2.24, 2.45) is 0 Å². The number of carbonyl (C=O) groups is 1. The van der Waals surface area contributed by atoms with E-state index in [1.54, 1.807) is 0 Å². The number of nitrogens with zero attached hydrogens (tertiary/aromatic N) is 1. The zero-order chi connectivity index (χ0) is 25.9. The molecule has 3 atom stereocenters. The Hall–Kier alpha value is -2.08. The van der Waals surface area contributed by atoms with Crippen molar-refractivity contribution in [3.8, 4) is 0 Å². The summed E-state index contributed by atoms with van der Waals surface area (Å²) in [5.74, 6) is 0.189. The first-order valence-corrected chi connectivity index (χ1v) is 13.9. The number of hydrogen-bond donors (Lipinski definition) is 2. The average Bonchev–Trinajstić information content (AvgIpc) is 2.92. The van der Waals surface area contributed by atoms with Gasteiger partial charge in [-0.2, -0.15) is 0 Å². The number of carbonyl (C=O) groups excluding carboxylic acids is 1. The van der Waals surface area contributed by atoms with Crippen molar-refractivity contribution in [1.29, 1.82) is 0 Å². The minimum Gasteiger partial charge on any atom is -0.385 e. The van der Waals surface area contributed by atoms with Crippen LogP contribution in [0, 0.1) is 0 Å². The van der Waals surface area contributed by atoms with Crippen LogP contribution in [0.25, 0.3) is 0 Å². The van der Waals surface area contributed by atoms with Crippen LogP contribution in [0.2, 0.25) is 10.0 Å². The van der Waals surface area contributed by atoms with Crippen LogP contribution in [0.3, 0.4) is 0 Å². The molecule has 2 saturated heterocycles. The maximum Gasteiger partial charge on any atom is 0.222 e. The van der Waals surface area contributed by atoms with E-state index in [-0.39, 0.29) is 29.8 Å². The fourth-order valence-corrected chi connectivity index (χ4v) is 6.42. The summed E-state index contributed by atoms with van der Waals surface area (Å²) in [7, 11) is 0. The molecule has 2 heterocycles. The van der Waals surface area contributed by atoms with Gasteiger partial charge in [-0.1, -0.05) is 89.9 Å². The Morgan fingerprint density at radius 2 is 1.63 bits per heavy atom. The molecule has 3 aromatic carbocycles. The topological polar surface area (TPSA) is 52.6 Å². The molecule has 3 aromatic rings. The molecule has 202 valence electrons. The Labute approximate surface area is 241 Å². The van der Waals surface area contributed by atoms with Gasteiger partial charge in [0, 0.05) is 31.0 Å². The third-order valence-electron chi connectivity index (χ3n) is 8.25. The van der Waals surface area contributed by atoms with E-state index in [9.17, 15) is 9.90 Å². The number of rotatable bonds is 7. The Balaban J connectivity index is 0.00000336. The van der Waals surface area contributed by atoms with E-state index in [2.05, 4.69) is 23.5 Å². The van der Waals surface area contributed by atoms with Gasteiger partial charge in [-0.15, -0.1) is 12.4 Å². The van der Waals surface area contributed by atoms with Crippen molar-refractivity contribution < 1.29 is 9.90 Å². The van der Waals surface area contributed by atoms with Gasteiger partial charge in [0.2, 0.25) is 5.91 Å². The van der Waals surface area contributed by atoms with Gasteiger partial charge < -0.3 is 15.3 Å². The second kappa shape index (κ2) is 12.4. The summed E-state index contributed by atoms with van der Waals surface area (Å²) in [5.41, 5.74) is 2.18. The number of amides is 1. The van der Waals surface area contributed by atoms with Crippen molar-refractivity contribution in [3.05, 3.63) is 106 Å². The van der Waals surface area contributed by atoms with E-state index >= 15 is 0 Å². The van der Waals surface area contributed by atoms with Gasteiger partial charge in [0.15, 0.2) is 0 Å². The highest BCUT2D eigenvalue weighted by atomic mass is 35.5. The van der Waals surface area contributed by atoms with Crippen molar-refractivity contribution in [3.63, 3.8) is 0 Å². The first-order chi connectivity index (χ1) is 17.9. The van der Waals surface area contributed by atoms with Crippen LogP contribution in [0.5, 0.6) is 0 Å². The summed E-state index contributed by atoms with van der Waals surface area (Å²) in [6, 6.07) is 26.3. The van der Waals surface area contributed by atoms with Crippen LogP contribution in [-0.2, 0) is 22.4 Å². The van der Waals surface area contributed by atoms with Gasteiger partial charge in [-0.25, -0.2) is 0 Å². The Bertz CT molecular complexity index is 1230. The van der Waals surface area contributed by atoms with Crippen LogP contribution in [0.4, 0.5) is 0 Å². The number of hydrogen-bond acceptors (Lipinski definition) is 3. The van der Waals surface area contributed by atoms with Gasteiger partial charge >= 0.3 is 0 Å². The summed E-state index contributed by atoms with van der Waals surface area (Å²) in [6.07, 6.45) is 4.41. The van der Waals surface area contributed by atoms with Gasteiger partial charge in [0.25, 0.3) is 0 Å². The number of benzene rings is 3. The number of aliphatic hydroxyl groups is 1. The van der Waals surface area contributed by atoms with Crippen molar-refractivity contribution in [1.82, 2.24) is 10.2 Å². The Morgan fingerprint density at radius 3 is 2.34 bits per heavy atom. The summed E-state index contributed by atoms with van der Waals surface area (Å²) >= 11 is 12.8. The van der Waals surface area contributed by atoms with E-state index in [4.69, 9.17) is 23.2 Å². The predicted octanol–water partition coefficient (Wildman–Crippen LogP) is 6.90. The standard InChI is InChI=1S/C31H34Cl2N2O2.ClH/c32-27-12-11-25(19-28(27)33)30(16-14-29(36)35(22-30)21-23-7-3-1-4-8-23)15-13-26-20-31(37,17-18-34-26)24-9-5-2-6-10-24;/h1-12,19,26,34,37H,13-18,20-22H2;1H. The molecule has 2 aliphatic rings. The zero-order valence-electron chi connectivity index (χ0n) is 21.4. The van der Waals surface area contributed by atoms with Gasteiger partial charge in [-0.3, -0.25) is 4.79 Å². The maximum absolute atomic E-state index is 13.0. The Morgan fingerprint density at radius 1 is 0.921 bits per heavy atom. The molecular formula is C31H35Cl3N2O2. The van der Waals surface area contributed by atoms with E-state index < -0.39 is 5.60 Å². The molecule has 2 fully saturated rings. The molecule has 2 N–H and O–H groups in total. The maximum atomic E-state index is 13.0. The normalized spacial score (nSPS) is 25.6. The molecule has 4 nitrogen and oxygen atoms in total. The largest absolute Gasteiger partial charge is 0.385 e. The third-order valence-corrected chi connectivity index (χ3v) is 8.99. The molecule has 0 aliphatic carbocycles. The minimum absolute atomic E-state index is 0. The average molecular weight is 574 g/mol. The fourth-order valence-electron chi connectivity index (χ4n) is 6.12. The second-order valence-corrected chi connectivity index (χ2v) is 11.5. The molecule has 0 aromatic heterocycles. The summed E-state index contributed by atoms with van der Waals surface area (Å²) in [6.45, 7) is 2.00. The molecule has 0 spiro atoms. The Kier molecular flexibility index (Phi) is 9.44. The fraction of sp³-hybridized carbons (Fsp3) is 0.387. The van der Waals surface area contributed by atoms with E-state index in [0.717, 1.165) is 42.5 Å². The first kappa shape index (κ1) is 28.9. The quantitative estimate of drug-likeness (QED) is 0.323. The lowest BCUT2D eigenvalue weighted by atomic mass is 9.69. The lowest BCUT2D eigenvalue weighted by Crippen LogP contribution is -2.50. The number of piperidine rings is 2. The molecular weight excluding hydrogens is 539 g/mol. The molecule has 3 unspecified atom stereocenters. The second-order valence-electron chi connectivity index (χ2n) is 10.7. The van der Waals surface area contributed by atoms with Gasteiger partial charge in [0.05, 0.1) is 15.6 Å². The molecule has 0 bridgehead atoms. The van der Waals surface area contributed by atoms with E-state index in [0.29, 0.717) is 42.4 Å². The molecule has 0 radical (unpaired) electrons. The summed E-state index contributed by atoms with van der Waals surface area (Å²) < 4.78 is 0. The molecule has 5 rings (SSSR count). The molecule has 7 heteroatoms. The number of nitrogens with one attached hydrogen (secondary N) is 1. The highest BCUT2D eigenvalue weighted by molar-refractivity contribution is 6.42. The van der Waals surface area contributed by atoms with Crippen LogP contribution in [0.15, 0.2) is 78.9 Å². The molecule has 2 aliphatic heterocycles. The van der Waals surface area contributed by atoms with Crippen molar-refractivity contribution in [2.45, 2.75) is 62.1 Å². The van der Waals surface area contributed by atoms with Crippen LogP contribution in [-0.4, -0.2) is 35.0 Å². The monoisotopic (exact) mass is 572 g/mol. The van der Waals surface area contributed by atoms with E-state index in [1.807, 2.05) is 65.6 Å². The molecule has 38 heavy (non-hydrogen) atoms. The SMILES string of the molecule is Cl.O=C1CCC(CCC2CC(O)(c3ccccc3)CCN2)(c2ccc(Cl)c(Cl)c2)CN1Cc1ccccc1. The van der Waals surface area contributed by atoms with Crippen LogP contribution in [0.1, 0.15) is 55.2 Å². The van der Waals surface area contributed by atoms with Gasteiger partial charge in [0.1, 0.15) is 0 Å². The van der Waals surface area contributed by atoms with Crippen molar-refractivity contribution in [2.75, 3.05) is 13.1 Å². The smallest absolute Gasteiger partial charge is 0.222 e. The van der Waals surface area contributed by atoms with Crippen LogP contribution < -0.4 is 5.32 Å². The third kappa shape index (κ3) is 6.38. The summed E-state index contributed by atoms with van der Waals surface area (Å²) in [5, 5.41) is 16.2. The highest BCUT2D eigenvalue weighted by Crippen LogP contribution is 2.43.